The van der Waals surface area contributed by atoms with E-state index in [4.69, 9.17) is 9.47 Å². The number of fused-ring (bicyclic) bond motifs is 5. The summed E-state index contributed by atoms with van der Waals surface area (Å²) < 4.78 is 14.1. The summed E-state index contributed by atoms with van der Waals surface area (Å²) in [7, 11) is 0. The molecule has 1 saturated heterocycles. The molecule has 0 aromatic carbocycles. The molecule has 4 aliphatic carbocycles. The van der Waals surface area contributed by atoms with Crippen LogP contribution >= 0.6 is 22.6 Å². The van der Waals surface area contributed by atoms with Crippen molar-refractivity contribution in [3.63, 3.8) is 0 Å². The first-order chi connectivity index (χ1) is 12.7. The summed E-state index contributed by atoms with van der Waals surface area (Å²) in [5.74, 6) is 3.17. The molecule has 152 valence electrons. The minimum absolute atomic E-state index is 0.268. The van der Waals surface area contributed by atoms with Gasteiger partial charge in [-0.25, -0.2) is 0 Å². The molecule has 0 amide bonds. The molecular weight excluding hydrogens is 447 g/mol. The highest BCUT2D eigenvalue weighted by atomic mass is 127. The van der Waals surface area contributed by atoms with Gasteiger partial charge in [0, 0.05) is 12.8 Å². The van der Waals surface area contributed by atoms with Crippen LogP contribution in [0, 0.1) is 39.9 Å². The molecule has 27 heavy (non-hydrogen) atoms. The van der Waals surface area contributed by atoms with Crippen LogP contribution in [0.5, 0.6) is 0 Å². The Morgan fingerprint density at radius 3 is 2.41 bits per heavy atom. The molecule has 0 aromatic rings. The van der Waals surface area contributed by atoms with Gasteiger partial charge in [0.1, 0.15) is 0 Å². The van der Waals surface area contributed by atoms with Crippen molar-refractivity contribution in [1.82, 2.24) is 0 Å². The van der Waals surface area contributed by atoms with E-state index >= 15 is 0 Å². The highest BCUT2D eigenvalue weighted by Crippen LogP contribution is 2.74. The van der Waals surface area contributed by atoms with Crippen molar-refractivity contribution in [3.05, 3.63) is 9.15 Å². The Labute approximate surface area is 179 Å². The van der Waals surface area contributed by atoms with E-state index in [9.17, 15) is 0 Å². The quantitative estimate of drug-likeness (QED) is 0.355. The summed E-state index contributed by atoms with van der Waals surface area (Å²) in [6, 6.07) is 0. The summed E-state index contributed by atoms with van der Waals surface area (Å²) >= 11 is 2.64. The first-order valence-electron chi connectivity index (χ1n) is 11.3. The van der Waals surface area contributed by atoms with E-state index in [2.05, 4.69) is 57.2 Å². The van der Waals surface area contributed by atoms with E-state index < -0.39 is 0 Å². The van der Waals surface area contributed by atoms with Gasteiger partial charge in [-0.15, -0.1) is 0 Å². The number of halogens is 1. The van der Waals surface area contributed by atoms with Gasteiger partial charge in [-0.2, -0.15) is 0 Å². The molecule has 4 fully saturated rings. The van der Waals surface area contributed by atoms with Crippen LogP contribution < -0.4 is 0 Å². The maximum atomic E-state index is 6.22. The van der Waals surface area contributed by atoms with Crippen LogP contribution in [0.25, 0.3) is 0 Å². The molecule has 3 heteroatoms. The summed E-state index contributed by atoms with van der Waals surface area (Å²) in [6.45, 7) is 14.4. The second kappa shape index (κ2) is 5.97. The van der Waals surface area contributed by atoms with Gasteiger partial charge in [0.25, 0.3) is 0 Å². The van der Waals surface area contributed by atoms with Gasteiger partial charge in [-0.3, -0.25) is 0 Å². The predicted octanol–water partition coefficient (Wildman–Crippen LogP) is 6.73. The first-order valence-corrected chi connectivity index (χ1v) is 12.4. The van der Waals surface area contributed by atoms with Gasteiger partial charge in [-0.05, 0) is 105 Å². The van der Waals surface area contributed by atoms with Gasteiger partial charge in [0.2, 0.25) is 0 Å². The summed E-state index contributed by atoms with van der Waals surface area (Å²) in [6.07, 6.45) is 9.05. The van der Waals surface area contributed by atoms with Crippen LogP contribution in [-0.2, 0) is 9.47 Å². The first kappa shape index (κ1) is 19.4. The number of allylic oxidation sites excluding steroid dienone is 2. The fourth-order valence-corrected chi connectivity index (χ4v) is 9.55. The molecule has 0 radical (unpaired) electrons. The molecule has 5 rings (SSSR count). The second-order valence-corrected chi connectivity index (χ2v) is 12.6. The highest BCUT2D eigenvalue weighted by Gasteiger charge is 2.68. The Kier molecular flexibility index (Phi) is 4.28. The molecule has 0 N–H and O–H groups in total. The molecule has 1 heterocycles. The predicted molar refractivity (Wildman–Crippen MR) is 118 cm³/mol. The van der Waals surface area contributed by atoms with E-state index in [0.717, 1.165) is 49.7 Å². The van der Waals surface area contributed by atoms with Gasteiger partial charge < -0.3 is 9.47 Å². The zero-order chi connectivity index (χ0) is 19.2. The van der Waals surface area contributed by atoms with E-state index in [0.29, 0.717) is 16.2 Å². The third-order valence-corrected chi connectivity index (χ3v) is 12.1. The minimum atomic E-state index is -0.268. The van der Waals surface area contributed by atoms with Crippen molar-refractivity contribution < 1.29 is 9.47 Å². The minimum Gasteiger partial charge on any atom is -0.348 e. The molecule has 2 nitrogen and oxygen atoms in total. The van der Waals surface area contributed by atoms with Crippen molar-refractivity contribution in [1.29, 1.82) is 0 Å². The smallest absolute Gasteiger partial charge is 0.169 e. The van der Waals surface area contributed by atoms with Crippen LogP contribution in [0.15, 0.2) is 9.15 Å². The van der Waals surface area contributed by atoms with E-state index in [1.807, 2.05) is 0 Å². The average Bonchev–Trinajstić information content (AvgIpc) is 3.19. The van der Waals surface area contributed by atoms with Gasteiger partial charge >= 0.3 is 0 Å². The topological polar surface area (TPSA) is 18.5 Å². The maximum Gasteiger partial charge on any atom is 0.169 e. The molecule has 5 aliphatic rings. The van der Waals surface area contributed by atoms with Crippen molar-refractivity contribution >= 4 is 22.6 Å². The second-order valence-electron chi connectivity index (χ2n) is 11.3. The molecule has 1 spiro atoms. The van der Waals surface area contributed by atoms with Crippen LogP contribution in [-0.4, -0.2) is 19.0 Å². The van der Waals surface area contributed by atoms with Crippen LogP contribution in [0.1, 0.15) is 79.6 Å². The molecule has 1 aliphatic heterocycles. The standard InChI is InChI=1S/C24H37IO2/c1-15-12-17-18-6-7-20(25)16(2)21(18,3)13-19(17)22(4)8-9-24(14-23(15,22)5)26-10-11-27-24/h15,17-19H,6-14H2,1-5H3/t15-,17-,18-,19-,21-,22+,23+/m0/s1. The average molecular weight is 484 g/mol. The van der Waals surface area contributed by atoms with Crippen molar-refractivity contribution in [2.24, 2.45) is 39.9 Å². The van der Waals surface area contributed by atoms with Gasteiger partial charge in [0.15, 0.2) is 5.79 Å². The van der Waals surface area contributed by atoms with E-state index in [1.165, 1.54) is 32.1 Å². The number of hydrogen-bond donors (Lipinski definition) is 0. The Morgan fingerprint density at radius 1 is 1.00 bits per heavy atom. The Balaban J connectivity index is 1.54. The van der Waals surface area contributed by atoms with E-state index in [-0.39, 0.29) is 5.79 Å². The number of rotatable bonds is 0. The molecule has 0 aromatic heterocycles. The lowest BCUT2D eigenvalue weighted by Crippen LogP contribution is -2.60. The number of hydrogen-bond acceptors (Lipinski definition) is 2. The zero-order valence-corrected chi connectivity index (χ0v) is 20.0. The molecule has 7 atom stereocenters. The van der Waals surface area contributed by atoms with Crippen molar-refractivity contribution in [2.75, 3.05) is 13.2 Å². The largest absolute Gasteiger partial charge is 0.348 e. The Morgan fingerprint density at radius 2 is 1.70 bits per heavy atom. The fourth-order valence-electron chi connectivity index (χ4n) is 8.63. The summed E-state index contributed by atoms with van der Waals surface area (Å²) in [5.41, 5.74) is 2.91. The monoisotopic (exact) mass is 484 g/mol. The lowest BCUT2D eigenvalue weighted by molar-refractivity contribution is -0.259. The zero-order valence-electron chi connectivity index (χ0n) is 17.9. The Bertz CT molecular complexity index is 680. The van der Waals surface area contributed by atoms with Gasteiger partial charge in [-0.1, -0.05) is 33.3 Å². The lowest BCUT2D eigenvalue weighted by atomic mass is 9.42. The number of ether oxygens (including phenoxy) is 2. The molecule has 3 saturated carbocycles. The summed E-state index contributed by atoms with van der Waals surface area (Å²) in [5, 5.41) is 0. The fraction of sp³-hybridized carbons (Fsp3) is 0.917. The maximum absolute atomic E-state index is 6.22. The third-order valence-electron chi connectivity index (χ3n) is 10.7. The van der Waals surface area contributed by atoms with Crippen LogP contribution in [0.2, 0.25) is 0 Å². The molecule has 0 unspecified atom stereocenters. The molecular formula is C24H37IO2. The molecule has 0 bridgehead atoms. The van der Waals surface area contributed by atoms with E-state index in [1.54, 1.807) is 9.15 Å². The van der Waals surface area contributed by atoms with Gasteiger partial charge in [0.05, 0.1) is 13.2 Å². The highest BCUT2D eigenvalue weighted by molar-refractivity contribution is 14.1. The summed E-state index contributed by atoms with van der Waals surface area (Å²) in [4.78, 5) is 0. The Hall–Kier alpha value is 0.390. The normalized spacial score (nSPS) is 54.0. The van der Waals surface area contributed by atoms with Crippen molar-refractivity contribution in [3.8, 4) is 0 Å². The lowest BCUT2D eigenvalue weighted by Gasteiger charge is -2.64. The van der Waals surface area contributed by atoms with Crippen LogP contribution in [0.4, 0.5) is 0 Å². The van der Waals surface area contributed by atoms with Crippen LogP contribution in [0.3, 0.4) is 0 Å². The SMILES string of the molecule is CC1=C(I)CC[C@H]2[C@@H]3C[C@H](C)[C@@]4(C)CC5(CC[C@]4(C)[C@H]3C[C@@]12C)OCCO5. The van der Waals surface area contributed by atoms with Crippen molar-refractivity contribution in [2.45, 2.75) is 85.4 Å². The third kappa shape index (κ3) is 2.37.